The number of carboxylic acid groups (broad SMARTS) is 1. The van der Waals surface area contributed by atoms with E-state index in [1.807, 2.05) is 6.26 Å². The third-order valence-corrected chi connectivity index (χ3v) is 4.66. The van der Waals surface area contributed by atoms with Crippen molar-refractivity contribution in [2.45, 2.75) is 10.9 Å². The summed E-state index contributed by atoms with van der Waals surface area (Å²) in [6.07, 6.45) is 1.83. The van der Waals surface area contributed by atoms with Gasteiger partial charge in [-0.15, -0.1) is 11.8 Å². The number of halogens is 2. The first-order valence-electron chi connectivity index (χ1n) is 6.10. The van der Waals surface area contributed by atoms with Crippen LogP contribution in [0.5, 0.6) is 0 Å². The molecular weight excluding hydrogens is 337 g/mol. The van der Waals surface area contributed by atoms with Crippen molar-refractivity contribution in [2.75, 3.05) is 26.0 Å². The van der Waals surface area contributed by atoms with E-state index in [0.717, 1.165) is 0 Å². The van der Waals surface area contributed by atoms with Crippen LogP contribution in [0.3, 0.4) is 0 Å². The summed E-state index contributed by atoms with van der Waals surface area (Å²) >= 11 is 13.5. The molecule has 0 aliphatic carbocycles. The highest BCUT2D eigenvalue weighted by Crippen LogP contribution is 2.32. The lowest BCUT2D eigenvalue weighted by Crippen LogP contribution is -2.52. The lowest BCUT2D eigenvalue weighted by molar-refractivity contribution is -0.147. The summed E-state index contributed by atoms with van der Waals surface area (Å²) in [5, 5.41) is 9.85. The van der Waals surface area contributed by atoms with Crippen LogP contribution >= 0.6 is 35.0 Å². The zero-order valence-corrected chi connectivity index (χ0v) is 13.5. The van der Waals surface area contributed by atoms with E-state index in [4.69, 9.17) is 27.9 Å². The number of carboxylic acids is 1. The van der Waals surface area contributed by atoms with Crippen molar-refractivity contribution in [3.63, 3.8) is 0 Å². The van der Waals surface area contributed by atoms with Crippen LogP contribution in [0.15, 0.2) is 17.0 Å². The first-order chi connectivity index (χ1) is 9.95. The number of benzene rings is 1. The molecule has 1 unspecified atom stereocenters. The Kier molecular flexibility index (Phi) is 5.37. The Morgan fingerprint density at radius 1 is 1.38 bits per heavy atom. The van der Waals surface area contributed by atoms with Gasteiger partial charge >= 0.3 is 5.97 Å². The minimum absolute atomic E-state index is 0.0261. The monoisotopic (exact) mass is 349 g/mol. The number of hydrogen-bond donors (Lipinski definition) is 1. The number of rotatable bonds is 3. The first-order valence-corrected chi connectivity index (χ1v) is 8.08. The fourth-order valence-electron chi connectivity index (χ4n) is 2.06. The molecular formula is C13H13Cl2NO4S. The second-order valence-electron chi connectivity index (χ2n) is 4.39. The zero-order valence-electron chi connectivity index (χ0n) is 11.1. The predicted molar refractivity (Wildman–Crippen MR) is 81.5 cm³/mol. The average Bonchev–Trinajstić information content (AvgIpc) is 2.46. The van der Waals surface area contributed by atoms with E-state index in [1.165, 1.54) is 22.7 Å². The molecule has 2 rings (SSSR count). The van der Waals surface area contributed by atoms with E-state index in [1.54, 1.807) is 6.07 Å². The van der Waals surface area contributed by atoms with E-state index in [9.17, 15) is 14.7 Å². The van der Waals surface area contributed by atoms with E-state index in [2.05, 4.69) is 0 Å². The summed E-state index contributed by atoms with van der Waals surface area (Å²) in [5.74, 6) is -1.53. The Hall–Kier alpha value is -0.950. The number of aliphatic carboxylic acids is 1. The zero-order chi connectivity index (χ0) is 15.6. The van der Waals surface area contributed by atoms with Crippen LogP contribution in [0.1, 0.15) is 10.4 Å². The van der Waals surface area contributed by atoms with Gasteiger partial charge in [0.2, 0.25) is 0 Å². The number of ether oxygens (including phenoxy) is 1. The van der Waals surface area contributed by atoms with Crippen molar-refractivity contribution in [1.29, 1.82) is 0 Å². The van der Waals surface area contributed by atoms with Gasteiger partial charge in [0.15, 0.2) is 6.04 Å². The normalized spacial score (nSPS) is 18.6. The maximum Gasteiger partial charge on any atom is 0.328 e. The second-order valence-corrected chi connectivity index (χ2v) is 6.06. The van der Waals surface area contributed by atoms with Gasteiger partial charge in [-0.3, -0.25) is 4.79 Å². The molecule has 114 valence electrons. The summed E-state index contributed by atoms with van der Waals surface area (Å²) in [4.78, 5) is 25.8. The van der Waals surface area contributed by atoms with Crippen LogP contribution in [0.2, 0.25) is 10.0 Å². The van der Waals surface area contributed by atoms with Gasteiger partial charge in [0.05, 0.1) is 28.8 Å². The number of amides is 1. The summed E-state index contributed by atoms with van der Waals surface area (Å²) in [7, 11) is 0. The molecule has 0 spiro atoms. The number of thioether (sulfide) groups is 1. The van der Waals surface area contributed by atoms with Crippen LogP contribution in [0.4, 0.5) is 0 Å². The van der Waals surface area contributed by atoms with Crippen LogP contribution in [-0.2, 0) is 9.53 Å². The summed E-state index contributed by atoms with van der Waals surface area (Å²) in [6.45, 7) is 0.487. The van der Waals surface area contributed by atoms with Gasteiger partial charge in [0.1, 0.15) is 0 Å². The Labute approximate surface area is 136 Å². The number of hydrogen-bond acceptors (Lipinski definition) is 4. The Morgan fingerprint density at radius 3 is 2.71 bits per heavy atom. The van der Waals surface area contributed by atoms with E-state index >= 15 is 0 Å². The molecule has 0 radical (unpaired) electrons. The van der Waals surface area contributed by atoms with Crippen molar-refractivity contribution >= 4 is 46.8 Å². The molecule has 1 amide bonds. The minimum Gasteiger partial charge on any atom is -0.480 e. The van der Waals surface area contributed by atoms with Gasteiger partial charge < -0.3 is 14.7 Å². The Bertz CT molecular complexity index is 582. The Balaban J connectivity index is 2.36. The fraction of sp³-hybridized carbons (Fsp3) is 0.385. The van der Waals surface area contributed by atoms with Gasteiger partial charge in [-0.2, -0.15) is 0 Å². The third kappa shape index (κ3) is 3.45. The number of morpholine rings is 1. The lowest BCUT2D eigenvalue weighted by atomic mass is 10.1. The molecule has 1 heterocycles. The largest absolute Gasteiger partial charge is 0.480 e. The quantitative estimate of drug-likeness (QED) is 0.849. The molecule has 0 bridgehead atoms. The van der Waals surface area contributed by atoms with Crippen molar-refractivity contribution in [3.8, 4) is 0 Å². The van der Waals surface area contributed by atoms with Gasteiger partial charge in [-0.1, -0.05) is 23.2 Å². The fourth-order valence-corrected chi connectivity index (χ4v) is 3.24. The van der Waals surface area contributed by atoms with Gasteiger partial charge in [-0.05, 0) is 18.4 Å². The summed E-state index contributed by atoms with van der Waals surface area (Å²) in [6, 6.07) is 2.08. The second kappa shape index (κ2) is 6.87. The molecule has 21 heavy (non-hydrogen) atoms. The smallest absolute Gasteiger partial charge is 0.328 e. The van der Waals surface area contributed by atoms with Crippen LogP contribution in [0.25, 0.3) is 0 Å². The minimum atomic E-state index is -1.10. The third-order valence-electron chi connectivity index (χ3n) is 3.15. The van der Waals surface area contributed by atoms with Gasteiger partial charge in [-0.25, -0.2) is 4.79 Å². The van der Waals surface area contributed by atoms with E-state index < -0.39 is 17.9 Å². The van der Waals surface area contributed by atoms with Gasteiger partial charge in [0.25, 0.3) is 5.91 Å². The number of nitrogens with zero attached hydrogens (tertiary/aromatic N) is 1. The van der Waals surface area contributed by atoms with Crippen LogP contribution in [0, 0.1) is 0 Å². The molecule has 8 heteroatoms. The SMILES string of the molecule is CSc1cc(C(=O)N2CCOCC2C(=O)O)c(Cl)cc1Cl. The molecule has 1 N–H and O–H groups in total. The van der Waals surface area contributed by atoms with E-state index in [-0.39, 0.29) is 23.7 Å². The molecule has 5 nitrogen and oxygen atoms in total. The lowest BCUT2D eigenvalue weighted by Gasteiger charge is -2.33. The molecule has 1 aromatic carbocycles. The molecule has 1 aliphatic rings. The van der Waals surface area contributed by atoms with Crippen molar-refractivity contribution < 1.29 is 19.4 Å². The molecule has 1 fully saturated rings. The molecule has 1 aliphatic heterocycles. The summed E-state index contributed by atoms with van der Waals surface area (Å²) < 4.78 is 5.12. The number of carbonyl (C=O) groups is 2. The molecule has 0 saturated carbocycles. The highest BCUT2D eigenvalue weighted by Gasteiger charge is 2.34. The maximum atomic E-state index is 12.6. The summed E-state index contributed by atoms with van der Waals surface area (Å²) in [5.41, 5.74) is 0.249. The highest BCUT2D eigenvalue weighted by atomic mass is 35.5. The first kappa shape index (κ1) is 16.4. The average molecular weight is 350 g/mol. The van der Waals surface area contributed by atoms with Crippen LogP contribution < -0.4 is 0 Å². The Morgan fingerprint density at radius 2 is 2.10 bits per heavy atom. The molecule has 1 saturated heterocycles. The standard InChI is InChI=1S/C13H13Cl2NO4S/c1-21-11-4-7(8(14)5-9(11)15)12(17)16-2-3-20-6-10(16)13(18)19/h4-5,10H,2-3,6H2,1H3,(H,18,19). The highest BCUT2D eigenvalue weighted by molar-refractivity contribution is 7.98. The molecule has 0 aromatic heterocycles. The number of carbonyl (C=O) groups excluding carboxylic acids is 1. The molecule has 1 aromatic rings. The van der Waals surface area contributed by atoms with Crippen LogP contribution in [-0.4, -0.2) is 53.9 Å². The van der Waals surface area contributed by atoms with E-state index in [0.29, 0.717) is 16.5 Å². The van der Waals surface area contributed by atoms with Gasteiger partial charge in [0, 0.05) is 11.4 Å². The van der Waals surface area contributed by atoms with Crippen molar-refractivity contribution in [2.24, 2.45) is 0 Å². The predicted octanol–water partition coefficient (Wildman–Crippen LogP) is 2.64. The van der Waals surface area contributed by atoms with Crippen molar-refractivity contribution in [1.82, 2.24) is 4.90 Å². The molecule has 1 atom stereocenters. The maximum absolute atomic E-state index is 12.6. The van der Waals surface area contributed by atoms with Crippen molar-refractivity contribution in [3.05, 3.63) is 27.7 Å². The topological polar surface area (TPSA) is 66.8 Å².